The van der Waals surface area contributed by atoms with E-state index in [1.54, 1.807) is 30.2 Å². The maximum absolute atomic E-state index is 13.2. The van der Waals surface area contributed by atoms with Crippen LogP contribution in [0, 0.1) is 0 Å². The average Bonchev–Trinajstić information content (AvgIpc) is 3.19. The third-order valence-corrected chi connectivity index (χ3v) is 5.58. The quantitative estimate of drug-likeness (QED) is 0.418. The Hall–Kier alpha value is -2.26. The summed E-state index contributed by atoms with van der Waals surface area (Å²) in [6.07, 6.45) is 2.52. The van der Waals surface area contributed by atoms with Gasteiger partial charge in [-0.05, 0) is 43.7 Å². The molecular formula is C23H32Cl2N4O4. The number of aromatic nitrogens is 1. The van der Waals surface area contributed by atoms with Gasteiger partial charge in [-0.3, -0.25) is 4.79 Å². The first-order chi connectivity index (χ1) is 15.8. The van der Waals surface area contributed by atoms with Crippen LogP contribution < -0.4 is 5.32 Å². The third-order valence-electron chi connectivity index (χ3n) is 5.03. The summed E-state index contributed by atoms with van der Waals surface area (Å²) < 4.78 is 12.5. The number of benzene rings is 1. The summed E-state index contributed by atoms with van der Waals surface area (Å²) >= 11 is 12.1. The summed E-state index contributed by atoms with van der Waals surface area (Å²) in [7, 11) is 3.52. The zero-order valence-electron chi connectivity index (χ0n) is 19.4. The molecule has 2 rings (SSSR count). The van der Waals surface area contributed by atoms with Gasteiger partial charge in [0.1, 0.15) is 6.54 Å². The lowest BCUT2D eigenvalue weighted by Gasteiger charge is -2.28. The molecule has 0 fully saturated rings. The van der Waals surface area contributed by atoms with E-state index in [0.29, 0.717) is 61.6 Å². The Kier molecular flexibility index (Phi) is 11.5. The Labute approximate surface area is 205 Å². The van der Waals surface area contributed by atoms with Gasteiger partial charge in [-0.2, -0.15) is 0 Å². The van der Waals surface area contributed by atoms with Gasteiger partial charge in [-0.1, -0.05) is 23.2 Å². The second-order valence-corrected chi connectivity index (χ2v) is 8.29. The summed E-state index contributed by atoms with van der Waals surface area (Å²) in [6, 6.07) is 8.29. The molecule has 3 amide bonds. The Morgan fingerprint density at radius 1 is 1.12 bits per heavy atom. The Morgan fingerprint density at radius 3 is 2.55 bits per heavy atom. The van der Waals surface area contributed by atoms with Crippen molar-refractivity contribution in [3.63, 3.8) is 0 Å². The summed E-state index contributed by atoms with van der Waals surface area (Å²) in [5.74, 6) is -0.179. The van der Waals surface area contributed by atoms with Crippen molar-refractivity contribution in [3.8, 4) is 0 Å². The number of urea groups is 1. The number of anilines is 1. The number of hydrogen-bond donors (Lipinski definition) is 1. The van der Waals surface area contributed by atoms with Crippen LogP contribution in [-0.2, 0) is 27.9 Å². The number of hydrogen-bond acceptors (Lipinski definition) is 4. The predicted molar refractivity (Wildman–Crippen MR) is 131 cm³/mol. The van der Waals surface area contributed by atoms with Crippen molar-refractivity contribution in [1.29, 1.82) is 0 Å². The third kappa shape index (κ3) is 8.89. The first kappa shape index (κ1) is 27.0. The minimum atomic E-state index is -0.422. The smallest absolute Gasteiger partial charge is 0.322 e. The van der Waals surface area contributed by atoms with Gasteiger partial charge in [-0.25, -0.2) is 4.79 Å². The number of nitrogens with one attached hydrogen (secondary N) is 1. The number of carbonyl (C=O) groups excluding carboxylic acids is 2. The molecule has 0 saturated heterocycles. The van der Waals surface area contributed by atoms with Crippen LogP contribution in [0.2, 0.25) is 10.0 Å². The van der Waals surface area contributed by atoms with Gasteiger partial charge in [-0.15, -0.1) is 0 Å². The van der Waals surface area contributed by atoms with Crippen molar-refractivity contribution in [1.82, 2.24) is 14.4 Å². The van der Waals surface area contributed by atoms with E-state index in [9.17, 15) is 9.59 Å². The molecule has 0 spiro atoms. The molecule has 33 heavy (non-hydrogen) atoms. The fraction of sp³-hybridized carbons (Fsp3) is 0.478. The molecule has 1 aromatic carbocycles. The van der Waals surface area contributed by atoms with E-state index in [0.717, 1.165) is 5.69 Å². The largest absolute Gasteiger partial charge is 0.383 e. The average molecular weight is 499 g/mol. The second-order valence-electron chi connectivity index (χ2n) is 7.44. The van der Waals surface area contributed by atoms with Crippen LogP contribution in [0.25, 0.3) is 0 Å². The van der Waals surface area contributed by atoms with E-state index in [-0.39, 0.29) is 12.5 Å². The lowest BCUT2D eigenvalue weighted by Crippen LogP contribution is -2.45. The maximum atomic E-state index is 13.2. The van der Waals surface area contributed by atoms with E-state index >= 15 is 0 Å². The van der Waals surface area contributed by atoms with Crippen LogP contribution in [0.15, 0.2) is 36.5 Å². The fourth-order valence-electron chi connectivity index (χ4n) is 3.15. The van der Waals surface area contributed by atoms with Crippen molar-refractivity contribution in [2.24, 2.45) is 7.05 Å². The summed E-state index contributed by atoms with van der Waals surface area (Å²) in [5.41, 5.74) is 1.41. The molecule has 0 unspecified atom stereocenters. The number of methoxy groups -OCH3 is 1. The van der Waals surface area contributed by atoms with Gasteiger partial charge in [0.25, 0.3) is 0 Å². The van der Waals surface area contributed by atoms with Gasteiger partial charge < -0.3 is 29.2 Å². The van der Waals surface area contributed by atoms with Crippen LogP contribution in [0.1, 0.15) is 19.0 Å². The van der Waals surface area contributed by atoms with Crippen molar-refractivity contribution in [2.75, 3.05) is 51.9 Å². The van der Waals surface area contributed by atoms with E-state index in [4.69, 9.17) is 32.7 Å². The fourth-order valence-corrected chi connectivity index (χ4v) is 3.61. The minimum Gasteiger partial charge on any atom is -0.383 e. The highest BCUT2D eigenvalue weighted by Gasteiger charge is 2.22. The molecule has 0 aliphatic rings. The SMILES string of the molecule is CCOCCCN(CC(=O)N(CCOC)Cc1cccn1C)C(=O)Nc1ccc(Cl)cc1Cl. The molecule has 182 valence electrons. The Balaban J connectivity index is 2.13. The molecule has 1 heterocycles. The highest BCUT2D eigenvalue weighted by molar-refractivity contribution is 6.36. The zero-order valence-corrected chi connectivity index (χ0v) is 20.9. The first-order valence-corrected chi connectivity index (χ1v) is 11.6. The van der Waals surface area contributed by atoms with Crippen LogP contribution in [0.4, 0.5) is 10.5 Å². The van der Waals surface area contributed by atoms with Crippen molar-refractivity contribution < 1.29 is 19.1 Å². The van der Waals surface area contributed by atoms with Gasteiger partial charge >= 0.3 is 6.03 Å². The monoisotopic (exact) mass is 498 g/mol. The lowest BCUT2D eigenvalue weighted by molar-refractivity contribution is -0.133. The molecule has 0 saturated carbocycles. The van der Waals surface area contributed by atoms with E-state index in [1.807, 2.05) is 36.9 Å². The number of ether oxygens (including phenoxy) is 2. The molecular weight excluding hydrogens is 467 g/mol. The number of carbonyl (C=O) groups is 2. The molecule has 0 aliphatic carbocycles. The predicted octanol–water partition coefficient (Wildman–Crippen LogP) is 4.27. The van der Waals surface area contributed by atoms with Gasteiger partial charge in [0.15, 0.2) is 0 Å². The summed E-state index contributed by atoms with van der Waals surface area (Å²) in [5, 5.41) is 3.57. The van der Waals surface area contributed by atoms with Crippen molar-refractivity contribution in [2.45, 2.75) is 19.9 Å². The molecule has 10 heteroatoms. The molecule has 0 bridgehead atoms. The van der Waals surface area contributed by atoms with Crippen LogP contribution >= 0.6 is 23.2 Å². The molecule has 8 nitrogen and oxygen atoms in total. The van der Waals surface area contributed by atoms with Gasteiger partial charge in [0, 0.05) is 57.4 Å². The highest BCUT2D eigenvalue weighted by Crippen LogP contribution is 2.25. The van der Waals surface area contributed by atoms with Crippen LogP contribution in [0.3, 0.4) is 0 Å². The van der Waals surface area contributed by atoms with Crippen LogP contribution in [0.5, 0.6) is 0 Å². The number of nitrogens with zero attached hydrogens (tertiary/aromatic N) is 3. The van der Waals surface area contributed by atoms with E-state index in [1.165, 1.54) is 4.90 Å². The molecule has 0 radical (unpaired) electrons. The highest BCUT2D eigenvalue weighted by atomic mass is 35.5. The number of rotatable bonds is 13. The molecule has 1 aromatic heterocycles. The number of aryl methyl sites for hydroxylation is 1. The van der Waals surface area contributed by atoms with E-state index in [2.05, 4.69) is 5.32 Å². The first-order valence-electron chi connectivity index (χ1n) is 10.8. The normalized spacial score (nSPS) is 10.8. The Bertz CT molecular complexity index is 906. The number of amides is 3. The molecule has 0 aliphatic heterocycles. The lowest BCUT2D eigenvalue weighted by atomic mass is 10.3. The molecule has 1 N–H and O–H groups in total. The Morgan fingerprint density at radius 2 is 1.91 bits per heavy atom. The standard InChI is InChI=1S/C23H32Cl2N4O4/c1-4-33-13-6-11-29(23(31)26-21-9-8-18(24)15-20(21)25)17-22(30)28(12-14-32-3)16-19-7-5-10-27(19)2/h5,7-10,15H,4,6,11-14,16-17H2,1-3H3,(H,26,31). The van der Waals surface area contributed by atoms with E-state index < -0.39 is 6.03 Å². The van der Waals surface area contributed by atoms with Crippen molar-refractivity contribution >= 4 is 40.8 Å². The van der Waals surface area contributed by atoms with Crippen molar-refractivity contribution in [3.05, 3.63) is 52.3 Å². The van der Waals surface area contributed by atoms with Gasteiger partial charge in [0.2, 0.25) is 5.91 Å². The molecule has 2 aromatic rings. The zero-order chi connectivity index (χ0) is 24.2. The summed E-state index contributed by atoms with van der Waals surface area (Å²) in [6.45, 7) is 4.49. The maximum Gasteiger partial charge on any atom is 0.322 e. The van der Waals surface area contributed by atoms with Crippen LogP contribution in [-0.4, -0.2) is 72.9 Å². The second kappa shape index (κ2) is 14.1. The van der Waals surface area contributed by atoms with Gasteiger partial charge in [0.05, 0.1) is 23.9 Å². The topological polar surface area (TPSA) is 76.0 Å². The number of halogens is 2. The minimum absolute atomic E-state index is 0.0860. The molecule has 0 atom stereocenters. The summed E-state index contributed by atoms with van der Waals surface area (Å²) in [4.78, 5) is 29.4.